The van der Waals surface area contributed by atoms with E-state index in [0.717, 1.165) is 27.7 Å². The lowest BCUT2D eigenvalue weighted by atomic mass is 9.91. The molecular weight excluding hydrogens is 473 g/mol. The number of carboxylic acids is 1. The molecule has 1 fully saturated rings. The third-order valence-corrected chi connectivity index (χ3v) is 6.65. The molecule has 4 aromatic rings. The molecule has 190 valence electrons. The summed E-state index contributed by atoms with van der Waals surface area (Å²) >= 11 is 0. The number of fused-ring (bicyclic) bond motifs is 1. The van der Waals surface area contributed by atoms with Gasteiger partial charge in [-0.15, -0.1) is 0 Å². The zero-order chi connectivity index (χ0) is 25.8. The van der Waals surface area contributed by atoms with Crippen LogP contribution in [-0.2, 0) is 14.3 Å². The van der Waals surface area contributed by atoms with Crippen molar-refractivity contribution in [3.05, 3.63) is 102 Å². The van der Waals surface area contributed by atoms with Gasteiger partial charge in [0.25, 0.3) is 0 Å². The van der Waals surface area contributed by atoms with Crippen LogP contribution in [0.15, 0.2) is 84.9 Å². The second-order valence-electron chi connectivity index (χ2n) is 9.15. The van der Waals surface area contributed by atoms with Crippen LogP contribution in [0.3, 0.4) is 0 Å². The number of carbonyl (C=O) groups is 1. The number of carboxylic acid groups (broad SMARTS) is 1. The van der Waals surface area contributed by atoms with Gasteiger partial charge in [-0.25, -0.2) is 4.39 Å². The Kier molecular flexibility index (Phi) is 7.35. The quantitative estimate of drug-likeness (QED) is 0.229. The number of hydrogen-bond acceptors (Lipinski definition) is 4. The summed E-state index contributed by atoms with van der Waals surface area (Å²) in [7, 11) is 0. The number of para-hydroxylation sites is 2. The van der Waals surface area contributed by atoms with Crippen molar-refractivity contribution in [3.8, 4) is 17.0 Å². The highest BCUT2D eigenvalue weighted by molar-refractivity contribution is 5.91. The summed E-state index contributed by atoms with van der Waals surface area (Å²) in [6.07, 6.45) is 3.74. The molecule has 7 heteroatoms. The molecule has 1 saturated heterocycles. The molecule has 37 heavy (non-hydrogen) atoms. The van der Waals surface area contributed by atoms with Crippen molar-refractivity contribution in [2.24, 2.45) is 5.92 Å². The molecule has 0 aliphatic carbocycles. The minimum atomic E-state index is -0.834. The molecule has 6 nitrogen and oxygen atoms in total. The monoisotopic (exact) mass is 501 g/mol. The summed E-state index contributed by atoms with van der Waals surface area (Å²) < 4.78 is 26.5. The molecule has 3 aromatic carbocycles. The first-order valence-electron chi connectivity index (χ1n) is 12.3. The van der Waals surface area contributed by atoms with Crippen LogP contribution in [0.4, 0.5) is 4.39 Å². The first-order chi connectivity index (χ1) is 18.0. The molecule has 1 aliphatic heterocycles. The Hall–Kier alpha value is -3.94. The molecule has 1 aliphatic rings. The Bertz CT molecular complexity index is 1410. The summed E-state index contributed by atoms with van der Waals surface area (Å²) in [6, 6.07) is 21.2. The average molecular weight is 502 g/mol. The molecule has 0 spiro atoms. The molecule has 3 atom stereocenters. The minimum Gasteiger partial charge on any atom is -0.508 e. The zero-order valence-electron chi connectivity index (χ0n) is 20.1. The van der Waals surface area contributed by atoms with Crippen LogP contribution in [0, 0.1) is 11.7 Å². The lowest BCUT2D eigenvalue weighted by Gasteiger charge is -2.37. The normalized spacial score (nSPS) is 20.0. The van der Waals surface area contributed by atoms with Crippen LogP contribution in [0.1, 0.15) is 42.8 Å². The maximum absolute atomic E-state index is 13.7. The van der Waals surface area contributed by atoms with E-state index in [2.05, 4.69) is 4.98 Å². The number of phenolic OH excluding ortho intramolecular Hbond substituents is 1. The zero-order valence-corrected chi connectivity index (χ0v) is 20.1. The highest BCUT2D eigenvalue weighted by Crippen LogP contribution is 2.46. The van der Waals surface area contributed by atoms with Crippen LogP contribution in [0.5, 0.6) is 5.75 Å². The molecule has 3 N–H and O–H groups in total. The third kappa shape index (κ3) is 5.43. The predicted octanol–water partition coefficient (Wildman–Crippen LogP) is 6.89. The van der Waals surface area contributed by atoms with E-state index in [1.54, 1.807) is 24.3 Å². The molecule has 0 saturated carbocycles. The van der Waals surface area contributed by atoms with Gasteiger partial charge in [0, 0.05) is 34.4 Å². The highest BCUT2D eigenvalue weighted by Gasteiger charge is 2.36. The molecule has 0 radical (unpaired) electrons. The lowest BCUT2D eigenvalue weighted by molar-refractivity contribution is -0.243. The number of nitrogens with one attached hydrogen (secondary N) is 1. The Morgan fingerprint density at radius 1 is 1.03 bits per heavy atom. The molecule has 1 aromatic heterocycles. The largest absolute Gasteiger partial charge is 0.508 e. The van der Waals surface area contributed by atoms with Gasteiger partial charge in [-0.05, 0) is 54.8 Å². The van der Waals surface area contributed by atoms with Crippen molar-refractivity contribution < 1.29 is 28.9 Å². The Balaban J connectivity index is 1.49. The smallest absolute Gasteiger partial charge is 0.303 e. The maximum atomic E-state index is 13.7. The van der Waals surface area contributed by atoms with Gasteiger partial charge in [0.2, 0.25) is 0 Å². The van der Waals surface area contributed by atoms with Gasteiger partial charge in [-0.2, -0.15) is 0 Å². The van der Waals surface area contributed by atoms with Gasteiger partial charge in [-0.1, -0.05) is 48.6 Å². The van der Waals surface area contributed by atoms with E-state index in [-0.39, 0.29) is 23.9 Å². The number of hydrogen-bond donors (Lipinski definition) is 3. The number of H-pyrrole nitrogens is 1. The Labute approximate surface area is 214 Å². The van der Waals surface area contributed by atoms with Gasteiger partial charge >= 0.3 is 5.97 Å². The van der Waals surface area contributed by atoms with Crippen LogP contribution < -0.4 is 0 Å². The van der Waals surface area contributed by atoms with E-state index >= 15 is 0 Å². The second-order valence-corrected chi connectivity index (χ2v) is 9.15. The fourth-order valence-electron chi connectivity index (χ4n) is 4.83. The number of allylic oxidation sites excluding steroid dienone is 2. The van der Waals surface area contributed by atoms with E-state index in [1.165, 1.54) is 12.1 Å². The summed E-state index contributed by atoms with van der Waals surface area (Å²) in [5.74, 6) is -1.10. The fraction of sp³-hybridized carbons (Fsp3) is 0.233. The number of aromatic hydroxyl groups is 1. The summed E-state index contributed by atoms with van der Waals surface area (Å²) in [5, 5.41) is 20.5. The van der Waals surface area contributed by atoms with Crippen molar-refractivity contribution in [1.82, 2.24) is 4.98 Å². The van der Waals surface area contributed by atoms with Gasteiger partial charge in [0.05, 0.1) is 18.4 Å². The molecule has 5 rings (SSSR count). The molecule has 0 bridgehead atoms. The first kappa shape index (κ1) is 24.7. The number of rotatable bonds is 8. The Morgan fingerprint density at radius 3 is 2.57 bits per heavy atom. The number of halogens is 1. The van der Waals surface area contributed by atoms with Crippen molar-refractivity contribution in [2.45, 2.75) is 31.7 Å². The van der Waals surface area contributed by atoms with Gasteiger partial charge in [0.1, 0.15) is 11.6 Å². The van der Waals surface area contributed by atoms with Gasteiger partial charge in [-0.3, -0.25) is 4.79 Å². The van der Waals surface area contributed by atoms with E-state index in [1.807, 2.05) is 48.6 Å². The van der Waals surface area contributed by atoms with Gasteiger partial charge < -0.3 is 24.7 Å². The van der Waals surface area contributed by atoms with E-state index in [9.17, 15) is 14.3 Å². The van der Waals surface area contributed by atoms with E-state index in [0.29, 0.717) is 25.0 Å². The molecular formula is C30H28FNO5. The van der Waals surface area contributed by atoms with Crippen molar-refractivity contribution in [3.63, 3.8) is 0 Å². The third-order valence-electron chi connectivity index (χ3n) is 6.65. The minimum absolute atomic E-state index is 0.0753. The van der Waals surface area contributed by atoms with Crippen LogP contribution in [-0.4, -0.2) is 27.8 Å². The number of aromatic nitrogens is 1. The summed E-state index contributed by atoms with van der Waals surface area (Å²) in [5.41, 5.74) is 3.99. The van der Waals surface area contributed by atoms with E-state index in [4.69, 9.17) is 14.6 Å². The number of aliphatic carboxylic acids is 1. The topological polar surface area (TPSA) is 91.8 Å². The second kappa shape index (κ2) is 11.0. The summed E-state index contributed by atoms with van der Waals surface area (Å²) in [6.45, 7) is 0.370. The van der Waals surface area contributed by atoms with Crippen LogP contribution in [0.25, 0.3) is 22.2 Å². The first-order valence-corrected chi connectivity index (χ1v) is 12.3. The standard InChI is InChI=1S/C30H28FNO5/c31-21-16-14-19(15-17-21)28-27(22-9-4-6-11-24(22)32-28)30-36-18-20(8-2-1-3-13-26(34)35)29(37-30)23-10-5-7-12-25(23)33/h1-2,4-7,9-12,14-17,20,29-30,32-33H,3,8,13,18H2,(H,34,35)/b2-1-/t20-,29+,30?/m1/s1. The molecule has 1 unspecified atom stereocenters. The van der Waals surface area contributed by atoms with Crippen molar-refractivity contribution in [2.75, 3.05) is 6.61 Å². The number of benzene rings is 3. The lowest BCUT2D eigenvalue weighted by Crippen LogP contribution is -2.30. The van der Waals surface area contributed by atoms with Gasteiger partial charge in [0.15, 0.2) is 6.29 Å². The average Bonchev–Trinajstić information content (AvgIpc) is 3.29. The highest BCUT2D eigenvalue weighted by atomic mass is 19.1. The molecule has 0 amide bonds. The fourth-order valence-corrected chi connectivity index (χ4v) is 4.83. The summed E-state index contributed by atoms with van der Waals surface area (Å²) in [4.78, 5) is 14.2. The maximum Gasteiger partial charge on any atom is 0.303 e. The number of ether oxygens (including phenoxy) is 2. The number of aromatic amines is 1. The predicted molar refractivity (Wildman–Crippen MR) is 138 cm³/mol. The van der Waals surface area contributed by atoms with Crippen molar-refractivity contribution in [1.29, 1.82) is 0 Å². The Morgan fingerprint density at radius 2 is 1.78 bits per heavy atom. The van der Waals surface area contributed by atoms with Crippen LogP contribution in [0.2, 0.25) is 0 Å². The number of phenols is 1. The van der Waals surface area contributed by atoms with E-state index < -0.39 is 18.4 Å². The SMILES string of the molecule is O=C(O)CC/C=C\C[C@@H]1COC(c2c(-c3ccc(F)cc3)[nH]c3ccccc23)O[C@@H]1c1ccccc1O. The van der Waals surface area contributed by atoms with Crippen molar-refractivity contribution >= 4 is 16.9 Å². The van der Waals surface area contributed by atoms with Crippen LogP contribution >= 0.6 is 0 Å². The molecule has 2 heterocycles.